The van der Waals surface area contributed by atoms with Gasteiger partial charge in [-0.2, -0.15) is 4.37 Å². The number of ether oxygens (including phenoxy) is 1. The molecule has 0 aliphatic carbocycles. The maximum atomic E-state index is 14.1. The highest BCUT2D eigenvalue weighted by molar-refractivity contribution is 7.09. The molecule has 4 rings (SSSR count). The molecule has 1 aromatic heterocycles. The molecule has 0 aliphatic heterocycles. The highest BCUT2D eigenvalue weighted by Gasteiger charge is 2.35. The second-order valence-electron chi connectivity index (χ2n) is 8.54. The Morgan fingerprint density at radius 1 is 1.03 bits per heavy atom. The van der Waals surface area contributed by atoms with Gasteiger partial charge in [0.2, 0.25) is 5.91 Å². The third-order valence-corrected chi connectivity index (χ3v) is 7.24. The summed E-state index contributed by atoms with van der Waals surface area (Å²) in [5.41, 5.74) is 13.2. The Bertz CT molecular complexity index is 1480. The van der Waals surface area contributed by atoms with Gasteiger partial charge < -0.3 is 26.4 Å². The van der Waals surface area contributed by atoms with Gasteiger partial charge in [-0.05, 0) is 46.4 Å². The highest BCUT2D eigenvalue weighted by atomic mass is 35.5. The van der Waals surface area contributed by atoms with Crippen LogP contribution in [0.25, 0.3) is 0 Å². The Hall–Kier alpha value is -4.41. The minimum atomic E-state index is -1.10. The number of nitrogen functional groups attached to an aromatic ring is 1. The summed E-state index contributed by atoms with van der Waals surface area (Å²) in [5, 5.41) is 3.36. The number of anilines is 1. The normalized spacial score (nSPS) is 11.4. The van der Waals surface area contributed by atoms with Crippen LogP contribution in [0.4, 0.5) is 5.69 Å². The average Bonchev–Trinajstić information content (AvgIpc) is 3.34. The molecule has 3 aromatic carbocycles. The summed E-state index contributed by atoms with van der Waals surface area (Å²) in [6.07, 6.45) is 0. The van der Waals surface area contributed by atoms with Gasteiger partial charge in [0.05, 0.1) is 12.8 Å². The van der Waals surface area contributed by atoms with Crippen LogP contribution in [0, 0.1) is 0 Å². The molecule has 3 amide bonds. The van der Waals surface area contributed by atoms with Gasteiger partial charge in [-0.3, -0.25) is 14.4 Å². The monoisotopic (exact) mass is 563 g/mol. The number of methoxy groups -OCH3 is 1. The average molecular weight is 564 g/mol. The van der Waals surface area contributed by atoms with Crippen molar-refractivity contribution in [2.75, 3.05) is 12.8 Å². The van der Waals surface area contributed by atoms with Gasteiger partial charge in [-0.25, -0.2) is 0 Å². The summed E-state index contributed by atoms with van der Waals surface area (Å²) in [6, 6.07) is 22.2. The van der Waals surface area contributed by atoms with Crippen molar-refractivity contribution in [3.8, 4) is 5.75 Å². The zero-order chi connectivity index (χ0) is 27.9. The van der Waals surface area contributed by atoms with Crippen molar-refractivity contribution in [3.63, 3.8) is 0 Å². The fourth-order valence-corrected chi connectivity index (χ4v) is 4.95. The van der Waals surface area contributed by atoms with Crippen LogP contribution in [-0.2, 0) is 17.9 Å². The van der Waals surface area contributed by atoms with Gasteiger partial charge >= 0.3 is 0 Å². The van der Waals surface area contributed by atoms with Gasteiger partial charge in [0.1, 0.15) is 16.7 Å². The molecule has 0 radical (unpaired) electrons. The van der Waals surface area contributed by atoms with Gasteiger partial charge in [0.15, 0.2) is 5.69 Å². The third kappa shape index (κ3) is 6.36. The summed E-state index contributed by atoms with van der Waals surface area (Å²) in [4.78, 5) is 41.0. The summed E-state index contributed by atoms with van der Waals surface area (Å²) in [5.74, 6) is -1.30. The van der Waals surface area contributed by atoms with Gasteiger partial charge in [0.25, 0.3) is 11.8 Å². The Kier molecular flexibility index (Phi) is 8.80. The number of nitrogens with one attached hydrogen (secondary N) is 1. The standard InChI is InChI=1S/C28H26ClN5O4S/c1-38-20-13-11-18(12-14-20)24(27(36)32-15-17-7-3-2-4-8-17)34(16-19-9-5-6-10-21(19)29)28(37)25-22(30)23(26(31)35)33-39-25/h2-14,24H,15-16,30H2,1H3,(H2,31,35)(H,32,36)/t24-/m1/s1. The zero-order valence-corrected chi connectivity index (χ0v) is 22.5. The fourth-order valence-electron chi connectivity index (χ4n) is 3.99. The molecule has 0 unspecified atom stereocenters. The number of carbonyl (C=O) groups excluding carboxylic acids is 3. The molecule has 1 atom stereocenters. The number of hydrogen-bond donors (Lipinski definition) is 3. The van der Waals surface area contributed by atoms with Crippen molar-refractivity contribution < 1.29 is 19.1 Å². The van der Waals surface area contributed by atoms with E-state index >= 15 is 0 Å². The van der Waals surface area contributed by atoms with E-state index in [0.29, 0.717) is 21.9 Å². The molecule has 1 heterocycles. The van der Waals surface area contributed by atoms with Gasteiger partial charge in [-0.1, -0.05) is 72.3 Å². The van der Waals surface area contributed by atoms with Crippen LogP contribution in [-0.4, -0.2) is 34.1 Å². The lowest BCUT2D eigenvalue weighted by Crippen LogP contribution is -2.43. The van der Waals surface area contributed by atoms with Crippen LogP contribution < -0.4 is 21.5 Å². The SMILES string of the molecule is COc1ccc([C@H](C(=O)NCc2ccccc2)N(Cc2ccccc2Cl)C(=O)c2snc(C(N)=O)c2N)cc1. The minimum absolute atomic E-state index is 0.00905. The Balaban J connectivity index is 1.80. The maximum Gasteiger partial charge on any atom is 0.270 e. The zero-order valence-electron chi connectivity index (χ0n) is 21.0. The summed E-state index contributed by atoms with van der Waals surface area (Å²) in [7, 11) is 1.54. The number of nitrogens with two attached hydrogens (primary N) is 2. The highest BCUT2D eigenvalue weighted by Crippen LogP contribution is 2.32. The second-order valence-corrected chi connectivity index (χ2v) is 9.72. The number of halogens is 1. The van der Waals surface area contributed by atoms with E-state index in [-0.39, 0.29) is 29.3 Å². The first kappa shape index (κ1) is 27.6. The first-order valence-corrected chi connectivity index (χ1v) is 13.0. The minimum Gasteiger partial charge on any atom is -0.497 e. The maximum absolute atomic E-state index is 14.1. The predicted molar refractivity (Wildman–Crippen MR) is 150 cm³/mol. The van der Waals surface area contributed by atoms with Crippen molar-refractivity contribution >= 4 is 46.5 Å². The number of hydrogen-bond acceptors (Lipinski definition) is 7. The van der Waals surface area contributed by atoms with E-state index in [2.05, 4.69) is 9.69 Å². The Morgan fingerprint density at radius 3 is 2.31 bits per heavy atom. The van der Waals surface area contributed by atoms with Crippen molar-refractivity contribution in [2.24, 2.45) is 5.73 Å². The summed E-state index contributed by atoms with van der Waals surface area (Å²) in [6.45, 7) is 0.214. The lowest BCUT2D eigenvalue weighted by atomic mass is 10.0. The van der Waals surface area contributed by atoms with E-state index in [4.69, 9.17) is 27.8 Å². The number of aromatic nitrogens is 1. The van der Waals surface area contributed by atoms with Crippen molar-refractivity contribution in [3.05, 3.63) is 111 Å². The predicted octanol–water partition coefficient (Wildman–Crippen LogP) is 4.19. The molecule has 200 valence electrons. The number of rotatable bonds is 10. The van der Waals surface area contributed by atoms with E-state index in [9.17, 15) is 14.4 Å². The molecule has 5 N–H and O–H groups in total. The van der Waals surface area contributed by atoms with E-state index in [1.165, 1.54) is 12.0 Å². The molecule has 0 spiro atoms. The molecule has 0 aliphatic rings. The lowest BCUT2D eigenvalue weighted by molar-refractivity contribution is -0.126. The van der Waals surface area contributed by atoms with E-state index in [1.807, 2.05) is 30.3 Å². The smallest absolute Gasteiger partial charge is 0.270 e. The van der Waals surface area contributed by atoms with Crippen LogP contribution in [0.3, 0.4) is 0 Å². The molecule has 9 nitrogen and oxygen atoms in total. The summed E-state index contributed by atoms with van der Waals surface area (Å²) >= 11 is 7.20. The van der Waals surface area contributed by atoms with Crippen LogP contribution in [0.1, 0.15) is 42.9 Å². The fraction of sp³-hybridized carbons (Fsp3) is 0.143. The first-order valence-electron chi connectivity index (χ1n) is 11.8. The van der Waals surface area contributed by atoms with Gasteiger partial charge in [0, 0.05) is 18.1 Å². The van der Waals surface area contributed by atoms with Crippen LogP contribution in [0.2, 0.25) is 5.02 Å². The molecule has 0 bridgehead atoms. The molecular formula is C28H26ClN5O4S. The van der Waals surface area contributed by atoms with E-state index in [1.54, 1.807) is 48.5 Å². The molecular weight excluding hydrogens is 538 g/mol. The topological polar surface area (TPSA) is 141 Å². The van der Waals surface area contributed by atoms with Crippen LogP contribution in [0.15, 0.2) is 78.9 Å². The number of primary amides is 1. The molecule has 39 heavy (non-hydrogen) atoms. The third-order valence-electron chi connectivity index (χ3n) is 6.02. The number of carbonyl (C=O) groups is 3. The number of benzene rings is 3. The lowest BCUT2D eigenvalue weighted by Gasteiger charge is -2.31. The Morgan fingerprint density at radius 2 is 1.69 bits per heavy atom. The largest absolute Gasteiger partial charge is 0.497 e. The molecule has 0 saturated carbocycles. The first-order chi connectivity index (χ1) is 18.8. The van der Waals surface area contributed by atoms with E-state index in [0.717, 1.165) is 17.1 Å². The second kappa shape index (κ2) is 12.4. The van der Waals surface area contributed by atoms with Crippen molar-refractivity contribution in [1.82, 2.24) is 14.6 Å². The molecule has 11 heteroatoms. The van der Waals surface area contributed by atoms with E-state index < -0.39 is 23.8 Å². The number of amides is 3. The Labute approximate surface area is 234 Å². The van der Waals surface area contributed by atoms with Gasteiger partial charge in [-0.15, -0.1) is 0 Å². The summed E-state index contributed by atoms with van der Waals surface area (Å²) < 4.78 is 9.25. The number of nitrogens with zero attached hydrogens (tertiary/aromatic N) is 2. The molecule has 0 fully saturated rings. The van der Waals surface area contributed by atoms with Crippen molar-refractivity contribution in [1.29, 1.82) is 0 Å². The molecule has 0 saturated heterocycles. The van der Waals surface area contributed by atoms with Crippen LogP contribution >= 0.6 is 23.1 Å². The van der Waals surface area contributed by atoms with Crippen LogP contribution in [0.5, 0.6) is 5.75 Å². The quantitative estimate of drug-likeness (QED) is 0.264. The van der Waals surface area contributed by atoms with Crippen molar-refractivity contribution in [2.45, 2.75) is 19.1 Å². The molecule has 4 aromatic rings.